The fourth-order valence-electron chi connectivity index (χ4n) is 4.32. The first-order chi connectivity index (χ1) is 13.4. The number of hydrogen-bond acceptors (Lipinski definition) is 5. The Hall–Kier alpha value is -1.31. The van der Waals surface area contributed by atoms with Gasteiger partial charge in [0.05, 0.1) is 16.2 Å². The van der Waals surface area contributed by atoms with Gasteiger partial charge in [0.1, 0.15) is 11.9 Å². The summed E-state index contributed by atoms with van der Waals surface area (Å²) in [6.45, 7) is 6.40. The number of amides is 1. The number of sulfone groups is 1. The van der Waals surface area contributed by atoms with Crippen LogP contribution in [0.3, 0.4) is 0 Å². The Balaban J connectivity index is 0.00000240. The molecule has 1 aliphatic carbocycles. The second kappa shape index (κ2) is 8.82. The number of ether oxygens (including phenoxy) is 1. The molecule has 3 aliphatic rings. The molecule has 2 atom stereocenters. The molecule has 2 aliphatic heterocycles. The second-order valence-electron chi connectivity index (χ2n) is 8.44. The van der Waals surface area contributed by atoms with Crippen molar-refractivity contribution in [3.05, 3.63) is 23.3 Å². The molecule has 162 valence electrons. The van der Waals surface area contributed by atoms with E-state index < -0.39 is 9.84 Å². The van der Waals surface area contributed by atoms with Crippen LogP contribution in [0.2, 0.25) is 0 Å². The first-order valence-corrected chi connectivity index (χ1v) is 12.1. The highest BCUT2D eigenvalue weighted by molar-refractivity contribution is 7.91. The molecule has 6 nitrogen and oxygen atoms in total. The molecule has 0 bridgehead atoms. The standard InChI is InChI=1S/C21H30N2O4S.ClH/c1-3-28(25,26)18-10-16-9-14(2)27-20(16)19(11-18)21(24)22-12-17-5-4-8-23(17)13-15-6-7-15;/h10-11,14-15,17H,3-9,12-13H2,1-2H3,(H,22,24);1H. The lowest BCUT2D eigenvalue weighted by Gasteiger charge is -2.24. The number of nitrogens with one attached hydrogen (secondary N) is 1. The van der Waals surface area contributed by atoms with E-state index in [0.29, 0.717) is 30.3 Å². The maximum Gasteiger partial charge on any atom is 0.255 e. The highest BCUT2D eigenvalue weighted by Crippen LogP contribution is 2.36. The molecule has 0 radical (unpaired) electrons. The van der Waals surface area contributed by atoms with Crippen molar-refractivity contribution < 1.29 is 17.9 Å². The average molecular weight is 443 g/mol. The summed E-state index contributed by atoms with van der Waals surface area (Å²) >= 11 is 0. The lowest BCUT2D eigenvalue weighted by Crippen LogP contribution is -2.41. The summed E-state index contributed by atoms with van der Waals surface area (Å²) in [6.07, 6.45) is 5.51. The Morgan fingerprint density at radius 3 is 2.72 bits per heavy atom. The Bertz CT molecular complexity index is 870. The van der Waals surface area contributed by atoms with Crippen molar-refractivity contribution in [1.29, 1.82) is 0 Å². The smallest absolute Gasteiger partial charge is 0.255 e. The first-order valence-electron chi connectivity index (χ1n) is 10.5. The number of carbonyl (C=O) groups is 1. The van der Waals surface area contributed by atoms with Gasteiger partial charge >= 0.3 is 0 Å². The summed E-state index contributed by atoms with van der Waals surface area (Å²) in [5.41, 5.74) is 1.16. The molecule has 2 fully saturated rings. The second-order valence-corrected chi connectivity index (χ2v) is 10.7. The molecule has 1 saturated heterocycles. The average Bonchev–Trinajstić information content (AvgIpc) is 3.23. The van der Waals surface area contributed by atoms with Crippen LogP contribution in [0.5, 0.6) is 5.75 Å². The molecule has 1 aromatic rings. The van der Waals surface area contributed by atoms with E-state index in [1.54, 1.807) is 13.0 Å². The summed E-state index contributed by atoms with van der Waals surface area (Å²) in [5.74, 6) is 1.16. The predicted molar refractivity (Wildman–Crippen MR) is 115 cm³/mol. The fraction of sp³-hybridized carbons (Fsp3) is 0.667. The normalized spacial score (nSPS) is 23.9. The predicted octanol–water partition coefficient (Wildman–Crippen LogP) is 2.83. The first kappa shape index (κ1) is 22.4. The third kappa shape index (κ3) is 4.89. The summed E-state index contributed by atoms with van der Waals surface area (Å²) in [5, 5.41) is 3.05. The largest absolute Gasteiger partial charge is 0.489 e. The topological polar surface area (TPSA) is 75.7 Å². The van der Waals surface area contributed by atoms with Gasteiger partial charge in [0.2, 0.25) is 0 Å². The van der Waals surface area contributed by atoms with E-state index in [-0.39, 0.29) is 35.1 Å². The van der Waals surface area contributed by atoms with Crippen molar-refractivity contribution in [2.24, 2.45) is 5.92 Å². The lowest BCUT2D eigenvalue weighted by atomic mass is 10.1. The van der Waals surface area contributed by atoms with Crippen molar-refractivity contribution in [2.75, 3.05) is 25.4 Å². The zero-order valence-electron chi connectivity index (χ0n) is 17.1. The van der Waals surface area contributed by atoms with E-state index in [1.165, 1.54) is 25.3 Å². The highest BCUT2D eigenvalue weighted by Gasteiger charge is 2.32. The minimum Gasteiger partial charge on any atom is -0.489 e. The van der Waals surface area contributed by atoms with E-state index in [0.717, 1.165) is 31.0 Å². The molecular weight excluding hydrogens is 412 g/mol. The molecule has 1 saturated carbocycles. The van der Waals surface area contributed by atoms with Crippen LogP contribution in [-0.4, -0.2) is 56.8 Å². The lowest BCUT2D eigenvalue weighted by molar-refractivity contribution is 0.0935. The summed E-state index contributed by atoms with van der Waals surface area (Å²) in [7, 11) is -3.38. The van der Waals surface area contributed by atoms with Gasteiger partial charge in [-0.1, -0.05) is 6.92 Å². The van der Waals surface area contributed by atoms with Gasteiger partial charge in [-0.25, -0.2) is 8.42 Å². The van der Waals surface area contributed by atoms with Crippen molar-refractivity contribution in [3.63, 3.8) is 0 Å². The molecule has 29 heavy (non-hydrogen) atoms. The molecule has 0 aromatic heterocycles. The number of nitrogens with zero attached hydrogens (tertiary/aromatic N) is 1. The van der Waals surface area contributed by atoms with E-state index in [4.69, 9.17) is 4.74 Å². The van der Waals surface area contributed by atoms with Gasteiger partial charge in [0.15, 0.2) is 9.84 Å². The highest BCUT2D eigenvalue weighted by atomic mass is 35.5. The van der Waals surface area contributed by atoms with Gasteiger partial charge < -0.3 is 10.1 Å². The van der Waals surface area contributed by atoms with E-state index in [2.05, 4.69) is 10.2 Å². The molecule has 0 spiro atoms. The Kier molecular flexibility index (Phi) is 6.81. The Morgan fingerprint density at radius 2 is 2.03 bits per heavy atom. The number of halogens is 1. The van der Waals surface area contributed by atoms with Crippen LogP contribution in [0.15, 0.2) is 17.0 Å². The number of benzene rings is 1. The van der Waals surface area contributed by atoms with Gasteiger partial charge in [-0.2, -0.15) is 0 Å². The van der Waals surface area contributed by atoms with Crippen molar-refractivity contribution >= 4 is 28.2 Å². The molecule has 1 amide bonds. The third-order valence-electron chi connectivity index (χ3n) is 6.14. The fourth-order valence-corrected chi connectivity index (χ4v) is 5.27. The summed E-state index contributed by atoms with van der Waals surface area (Å²) < 4.78 is 30.6. The van der Waals surface area contributed by atoms with Gasteiger partial charge in [-0.3, -0.25) is 9.69 Å². The van der Waals surface area contributed by atoms with Crippen molar-refractivity contribution in [2.45, 2.75) is 63.0 Å². The maximum atomic E-state index is 13.0. The summed E-state index contributed by atoms with van der Waals surface area (Å²) in [4.78, 5) is 15.7. The van der Waals surface area contributed by atoms with Crippen LogP contribution in [0, 0.1) is 5.92 Å². The number of hydrogen-bond donors (Lipinski definition) is 1. The van der Waals surface area contributed by atoms with Crippen LogP contribution in [0.1, 0.15) is 55.5 Å². The molecule has 8 heteroatoms. The molecule has 1 aromatic carbocycles. The van der Waals surface area contributed by atoms with E-state index in [9.17, 15) is 13.2 Å². The Morgan fingerprint density at radius 1 is 1.28 bits per heavy atom. The van der Waals surface area contributed by atoms with Crippen LogP contribution in [0.4, 0.5) is 0 Å². The van der Waals surface area contributed by atoms with Gasteiger partial charge in [-0.05, 0) is 62.8 Å². The van der Waals surface area contributed by atoms with Crippen LogP contribution >= 0.6 is 12.4 Å². The van der Waals surface area contributed by atoms with Crippen LogP contribution < -0.4 is 10.1 Å². The zero-order chi connectivity index (χ0) is 19.9. The molecule has 2 unspecified atom stereocenters. The number of fused-ring (bicyclic) bond motifs is 1. The van der Waals surface area contributed by atoms with Crippen molar-refractivity contribution in [3.8, 4) is 5.75 Å². The number of likely N-dealkylation sites (tertiary alicyclic amines) is 1. The molecular formula is C21H31ClN2O4S. The van der Waals surface area contributed by atoms with E-state index in [1.807, 2.05) is 6.92 Å². The summed E-state index contributed by atoms with van der Waals surface area (Å²) in [6, 6.07) is 3.53. The minimum absolute atomic E-state index is 0. The zero-order valence-corrected chi connectivity index (χ0v) is 18.8. The van der Waals surface area contributed by atoms with Crippen molar-refractivity contribution in [1.82, 2.24) is 10.2 Å². The van der Waals surface area contributed by atoms with E-state index >= 15 is 0 Å². The quantitative estimate of drug-likeness (QED) is 0.702. The molecule has 4 rings (SSSR count). The molecule has 2 heterocycles. The van der Waals surface area contributed by atoms with Gasteiger partial charge in [0, 0.05) is 25.6 Å². The Labute approximate surface area is 179 Å². The van der Waals surface area contributed by atoms with Gasteiger partial charge in [0.25, 0.3) is 5.91 Å². The minimum atomic E-state index is -3.38. The molecule has 1 N–H and O–H groups in total. The van der Waals surface area contributed by atoms with Crippen LogP contribution in [0.25, 0.3) is 0 Å². The monoisotopic (exact) mass is 442 g/mol. The van der Waals surface area contributed by atoms with Crippen LogP contribution in [-0.2, 0) is 16.3 Å². The SMILES string of the molecule is CCS(=O)(=O)c1cc2c(c(C(=O)NCC3CCCN3CC3CC3)c1)OC(C)C2.Cl. The third-order valence-corrected chi connectivity index (χ3v) is 7.85. The number of carbonyl (C=O) groups excluding carboxylic acids is 1. The van der Waals surface area contributed by atoms with Gasteiger partial charge in [-0.15, -0.1) is 12.4 Å². The number of rotatable bonds is 7. The maximum absolute atomic E-state index is 13.0.